The maximum absolute atomic E-state index is 12.3. The Kier molecular flexibility index (Phi) is 31.0. The van der Waals surface area contributed by atoms with Crippen molar-refractivity contribution in [3.8, 4) is 0 Å². The molecule has 0 rings (SSSR count). The summed E-state index contributed by atoms with van der Waals surface area (Å²) < 4.78 is 0. The molecule has 0 heterocycles. The molecular weight excluding hydrogens is 512 g/mol. The van der Waals surface area contributed by atoms with Crippen molar-refractivity contribution < 1.29 is 9.90 Å². The molecule has 0 aliphatic heterocycles. The quantitative estimate of drug-likeness (QED) is 0.0588. The summed E-state index contributed by atoms with van der Waals surface area (Å²) in [5, 5.41) is 10.1. The maximum atomic E-state index is 12.3. The Labute approximate surface area is 265 Å². The van der Waals surface area contributed by atoms with Crippen LogP contribution < -0.4 is 0 Å². The van der Waals surface area contributed by atoms with Crippen LogP contribution in [0.2, 0.25) is 0 Å². The average Bonchev–Trinajstić information content (AvgIpc) is 2.99. The zero-order valence-corrected chi connectivity index (χ0v) is 29.4. The molecule has 0 aromatic carbocycles. The molecule has 2 nitrogen and oxygen atoms in total. The van der Waals surface area contributed by atoms with Gasteiger partial charge in [-0.1, -0.05) is 220 Å². The largest absolute Gasteiger partial charge is 0.478 e. The minimum Gasteiger partial charge on any atom is -0.478 e. The Balaban J connectivity index is 4.70. The second-order valence-electron chi connectivity index (χ2n) is 13.9. The fourth-order valence-corrected chi connectivity index (χ4v) is 6.91. The van der Waals surface area contributed by atoms with E-state index in [2.05, 4.69) is 27.4 Å². The first-order valence-corrected chi connectivity index (χ1v) is 19.5. The summed E-state index contributed by atoms with van der Waals surface area (Å²) in [5.41, 5.74) is 0.331. The van der Waals surface area contributed by atoms with Crippen LogP contribution in [-0.4, -0.2) is 11.1 Å². The SMILES string of the molecule is C=C(C(=O)O)C(CCCCCCCCCCCC)(CCCCCCCCCCCC)CCCCCCCCCCCC. The number of unbranched alkanes of at least 4 members (excludes halogenated alkanes) is 27. The van der Waals surface area contributed by atoms with Crippen LogP contribution in [0.1, 0.15) is 233 Å². The Morgan fingerprint density at radius 2 is 0.595 bits per heavy atom. The Morgan fingerprint density at radius 1 is 0.405 bits per heavy atom. The van der Waals surface area contributed by atoms with Crippen LogP contribution in [0.5, 0.6) is 0 Å². The van der Waals surface area contributed by atoms with Gasteiger partial charge in [-0.3, -0.25) is 0 Å². The third-order valence-electron chi connectivity index (χ3n) is 9.92. The highest BCUT2D eigenvalue weighted by Gasteiger charge is 2.35. The van der Waals surface area contributed by atoms with Crippen LogP contribution >= 0.6 is 0 Å². The van der Waals surface area contributed by atoms with E-state index < -0.39 is 5.97 Å². The predicted molar refractivity (Wildman–Crippen MR) is 189 cm³/mol. The third kappa shape index (κ3) is 24.6. The van der Waals surface area contributed by atoms with Gasteiger partial charge in [0.25, 0.3) is 0 Å². The molecule has 0 aliphatic rings. The minimum atomic E-state index is -0.749. The molecule has 0 amide bonds. The molecule has 0 aromatic heterocycles. The fraction of sp³-hybridized carbons (Fsp3) is 0.925. The number of carbonyl (C=O) groups is 1. The molecule has 0 spiro atoms. The molecule has 0 fully saturated rings. The van der Waals surface area contributed by atoms with Crippen molar-refractivity contribution >= 4 is 5.97 Å². The van der Waals surface area contributed by atoms with Crippen LogP contribution in [0, 0.1) is 5.41 Å². The van der Waals surface area contributed by atoms with E-state index in [-0.39, 0.29) is 5.41 Å². The number of carboxylic acids is 1. The Bertz CT molecular complexity index is 520. The van der Waals surface area contributed by atoms with E-state index in [1.54, 1.807) is 0 Å². The predicted octanol–water partition coefficient (Wildman–Crippen LogP) is 14.5. The molecule has 0 radical (unpaired) electrons. The highest BCUT2D eigenvalue weighted by molar-refractivity contribution is 5.87. The van der Waals surface area contributed by atoms with Crippen molar-refractivity contribution in [2.24, 2.45) is 5.41 Å². The van der Waals surface area contributed by atoms with E-state index in [0.29, 0.717) is 5.57 Å². The van der Waals surface area contributed by atoms with Crippen LogP contribution in [0.3, 0.4) is 0 Å². The van der Waals surface area contributed by atoms with Gasteiger partial charge in [-0.15, -0.1) is 0 Å². The summed E-state index contributed by atoms with van der Waals surface area (Å²) in [6.45, 7) is 11.1. The molecule has 0 saturated heterocycles. The van der Waals surface area contributed by atoms with Gasteiger partial charge in [0.1, 0.15) is 0 Å². The number of aliphatic carboxylic acids is 1. The molecule has 250 valence electrons. The zero-order chi connectivity index (χ0) is 31.0. The average molecular weight is 591 g/mol. The number of hydrogen-bond acceptors (Lipinski definition) is 1. The van der Waals surface area contributed by atoms with E-state index in [4.69, 9.17) is 0 Å². The molecule has 0 bridgehead atoms. The monoisotopic (exact) mass is 591 g/mol. The van der Waals surface area contributed by atoms with Crippen molar-refractivity contribution in [1.82, 2.24) is 0 Å². The van der Waals surface area contributed by atoms with Gasteiger partial charge < -0.3 is 5.11 Å². The normalized spacial score (nSPS) is 11.8. The van der Waals surface area contributed by atoms with Crippen LogP contribution in [0.4, 0.5) is 0 Å². The van der Waals surface area contributed by atoms with Crippen molar-refractivity contribution in [2.75, 3.05) is 0 Å². The van der Waals surface area contributed by atoms with Crippen LogP contribution in [0.25, 0.3) is 0 Å². The maximum Gasteiger partial charge on any atom is 0.331 e. The molecule has 0 aromatic rings. The summed E-state index contributed by atoms with van der Waals surface area (Å²) in [7, 11) is 0. The molecule has 0 aliphatic carbocycles. The fourth-order valence-electron chi connectivity index (χ4n) is 6.91. The van der Waals surface area contributed by atoms with Gasteiger partial charge in [-0.25, -0.2) is 4.79 Å². The van der Waals surface area contributed by atoms with Crippen LogP contribution in [-0.2, 0) is 4.79 Å². The lowest BCUT2D eigenvalue weighted by molar-refractivity contribution is -0.134. The van der Waals surface area contributed by atoms with Crippen LogP contribution in [0.15, 0.2) is 12.2 Å². The summed E-state index contributed by atoms with van der Waals surface area (Å²) in [4.78, 5) is 12.3. The zero-order valence-electron chi connectivity index (χ0n) is 29.4. The highest BCUT2D eigenvalue weighted by atomic mass is 16.4. The van der Waals surface area contributed by atoms with E-state index in [1.165, 1.54) is 173 Å². The summed E-state index contributed by atoms with van der Waals surface area (Å²) in [5.74, 6) is -0.749. The van der Waals surface area contributed by atoms with Crippen molar-refractivity contribution in [1.29, 1.82) is 0 Å². The molecular formula is C40H78O2. The molecule has 0 atom stereocenters. The lowest BCUT2D eigenvalue weighted by Crippen LogP contribution is -2.28. The van der Waals surface area contributed by atoms with Crippen molar-refractivity contribution in [3.63, 3.8) is 0 Å². The highest BCUT2D eigenvalue weighted by Crippen LogP contribution is 2.43. The third-order valence-corrected chi connectivity index (χ3v) is 9.92. The van der Waals surface area contributed by atoms with Gasteiger partial charge in [0.05, 0.1) is 0 Å². The van der Waals surface area contributed by atoms with Gasteiger partial charge in [0.15, 0.2) is 0 Å². The van der Waals surface area contributed by atoms with Gasteiger partial charge in [-0.2, -0.15) is 0 Å². The molecule has 2 heteroatoms. The Hall–Kier alpha value is -0.790. The first-order chi connectivity index (χ1) is 20.5. The first-order valence-electron chi connectivity index (χ1n) is 19.5. The van der Waals surface area contributed by atoms with E-state index in [9.17, 15) is 9.90 Å². The standard InChI is InChI=1S/C40H78O2/c1-5-8-11-14-17-20-23-26-29-32-35-40(38(4)39(41)42,36-33-30-27-24-21-18-15-12-9-6-2)37-34-31-28-25-22-19-16-13-10-7-3/h4-37H2,1-3H3,(H,41,42). The van der Waals surface area contributed by atoms with E-state index >= 15 is 0 Å². The molecule has 0 saturated carbocycles. The van der Waals surface area contributed by atoms with Gasteiger partial charge in [-0.05, 0) is 19.3 Å². The molecule has 42 heavy (non-hydrogen) atoms. The Morgan fingerprint density at radius 3 is 0.786 bits per heavy atom. The van der Waals surface area contributed by atoms with E-state index in [1.807, 2.05) is 0 Å². The second-order valence-corrected chi connectivity index (χ2v) is 13.9. The number of carboxylic acid groups (broad SMARTS) is 1. The van der Waals surface area contributed by atoms with Gasteiger partial charge >= 0.3 is 5.97 Å². The summed E-state index contributed by atoms with van der Waals surface area (Å²) >= 11 is 0. The van der Waals surface area contributed by atoms with Gasteiger partial charge in [0, 0.05) is 11.0 Å². The smallest absolute Gasteiger partial charge is 0.331 e. The van der Waals surface area contributed by atoms with E-state index in [0.717, 1.165) is 38.5 Å². The van der Waals surface area contributed by atoms with Crippen molar-refractivity contribution in [3.05, 3.63) is 12.2 Å². The summed E-state index contributed by atoms with van der Waals surface area (Å²) in [6, 6.07) is 0. The second kappa shape index (κ2) is 31.6. The van der Waals surface area contributed by atoms with Crippen molar-refractivity contribution in [2.45, 2.75) is 233 Å². The minimum absolute atomic E-state index is 0.188. The molecule has 0 unspecified atom stereocenters. The molecule has 1 N–H and O–H groups in total. The first kappa shape index (κ1) is 41.2. The lowest BCUT2D eigenvalue weighted by Gasteiger charge is -2.35. The lowest BCUT2D eigenvalue weighted by atomic mass is 9.69. The number of rotatable bonds is 35. The van der Waals surface area contributed by atoms with Gasteiger partial charge in [0.2, 0.25) is 0 Å². The number of hydrogen-bond donors (Lipinski definition) is 1. The summed E-state index contributed by atoms with van der Waals surface area (Å²) in [6.07, 6.45) is 43.0. The topological polar surface area (TPSA) is 37.3 Å².